The lowest BCUT2D eigenvalue weighted by Crippen LogP contribution is -1.97. The third-order valence-corrected chi connectivity index (χ3v) is 0.694. The van der Waals surface area contributed by atoms with Crippen LogP contribution in [0.5, 0.6) is 0 Å². The largest absolute Gasteiger partial charge is 0.374 e. The molecule has 40 valence electrons. The van der Waals surface area contributed by atoms with Gasteiger partial charge in [0.2, 0.25) is 0 Å². The molecule has 0 aliphatic heterocycles. The third kappa shape index (κ3) is 3.50. The van der Waals surface area contributed by atoms with E-state index in [0.717, 1.165) is 0 Å². The van der Waals surface area contributed by atoms with Gasteiger partial charge in [-0.3, -0.25) is 12.8 Å². The third-order valence-electron chi connectivity index (χ3n) is 0.588. The van der Waals surface area contributed by atoms with Crippen LogP contribution in [0.3, 0.4) is 0 Å². The highest BCUT2D eigenvalue weighted by Gasteiger charge is 1.96. The molecule has 0 saturated carbocycles. The van der Waals surface area contributed by atoms with E-state index in [1.807, 2.05) is 6.92 Å². The van der Waals surface area contributed by atoms with Gasteiger partial charge in [-0.15, -0.1) is 0 Å². The van der Waals surface area contributed by atoms with Gasteiger partial charge in [-0.1, -0.05) is 6.92 Å². The van der Waals surface area contributed by atoms with Crippen LogP contribution in [-0.4, -0.2) is 11.2 Å². The Kier molecular flexibility index (Phi) is 3.67. The molecular weight excluding hydrogens is 110 g/mol. The van der Waals surface area contributed by atoms with Crippen LogP contribution < -0.4 is 0 Å². The molecule has 0 spiro atoms. The van der Waals surface area contributed by atoms with Gasteiger partial charge in [0.1, 0.15) is 0 Å². The van der Waals surface area contributed by atoms with E-state index in [9.17, 15) is 0 Å². The second kappa shape index (κ2) is 3.85. The summed E-state index contributed by atoms with van der Waals surface area (Å²) >= 11 is 4.15. The van der Waals surface area contributed by atoms with Crippen molar-refractivity contribution in [2.45, 2.75) is 19.4 Å². The normalized spacial score (nSPS) is 11.7. The van der Waals surface area contributed by atoms with Crippen LogP contribution in [0, 0.1) is 6.07 Å². The molecule has 0 heterocycles. The van der Waals surface area contributed by atoms with Gasteiger partial charge in [0.25, 0.3) is 6.07 Å². The van der Waals surface area contributed by atoms with E-state index < -0.39 is 6.10 Å². The molecule has 0 amide bonds. The smallest absolute Gasteiger partial charge is 0.284 e. The summed E-state index contributed by atoms with van der Waals surface area (Å²) in [5.74, 6) is 0. The monoisotopic (exact) mass is 117 g/mol. The summed E-state index contributed by atoms with van der Waals surface area (Å²) in [4.78, 5) is 0. The summed E-state index contributed by atoms with van der Waals surface area (Å²) in [6.07, 6.45) is 0.0534. The van der Waals surface area contributed by atoms with E-state index in [2.05, 4.69) is 23.1 Å². The van der Waals surface area contributed by atoms with Crippen molar-refractivity contribution >= 4 is 12.8 Å². The standard InChI is InChI=1S/C4H7NOS/c1-2-4(6)3-5-7/h4,6H,2H2,1H3. The van der Waals surface area contributed by atoms with Crippen LogP contribution >= 0.6 is 0 Å². The second-order valence-electron chi connectivity index (χ2n) is 1.14. The molecule has 0 fully saturated rings. The summed E-state index contributed by atoms with van der Waals surface area (Å²) in [7, 11) is 0. The predicted octanol–water partition coefficient (Wildman–Crippen LogP) is 0.552. The summed E-state index contributed by atoms with van der Waals surface area (Å²) < 4.78 is 3.09. The van der Waals surface area contributed by atoms with Crippen LogP contribution in [0.25, 0.3) is 4.25 Å². The van der Waals surface area contributed by atoms with E-state index in [1.54, 1.807) is 0 Å². The number of hydrogen-bond acceptors (Lipinski definition) is 2. The predicted molar refractivity (Wildman–Crippen MR) is 30.9 cm³/mol. The van der Waals surface area contributed by atoms with Gasteiger partial charge in [-0.05, 0) is 6.42 Å². The summed E-state index contributed by atoms with van der Waals surface area (Å²) in [5.41, 5.74) is 0. The van der Waals surface area contributed by atoms with Crippen molar-refractivity contribution in [1.29, 1.82) is 0 Å². The highest BCUT2D eigenvalue weighted by molar-refractivity contribution is 7.61. The first kappa shape index (κ1) is 6.67. The van der Waals surface area contributed by atoms with Gasteiger partial charge in [0.05, 0.1) is 0 Å². The molecule has 3 heteroatoms. The van der Waals surface area contributed by atoms with Gasteiger partial charge < -0.3 is 5.11 Å². The topological polar surface area (TPSA) is 24.6 Å². The molecule has 0 bridgehead atoms. The van der Waals surface area contributed by atoms with E-state index in [1.165, 1.54) is 0 Å². The molecule has 0 aromatic heterocycles. The Balaban J connectivity index is 3.29. The SMILES string of the molecule is CCC(O)C#[N+][S-]. The molecule has 0 saturated heterocycles. The molecule has 0 aromatic rings. The minimum Gasteiger partial charge on any atom is -0.374 e. The summed E-state index contributed by atoms with van der Waals surface area (Å²) in [6, 6.07) is 2.29. The van der Waals surface area contributed by atoms with Gasteiger partial charge in [-0.2, -0.15) is 4.25 Å². The molecular formula is C4H7NOS. The maximum absolute atomic E-state index is 8.59. The first-order valence-corrected chi connectivity index (χ1v) is 2.43. The highest BCUT2D eigenvalue weighted by atomic mass is 32.1. The highest BCUT2D eigenvalue weighted by Crippen LogP contribution is 1.84. The molecule has 0 rings (SSSR count). The van der Waals surface area contributed by atoms with Gasteiger partial charge >= 0.3 is 0 Å². The molecule has 2 nitrogen and oxygen atoms in total. The lowest BCUT2D eigenvalue weighted by atomic mass is 10.3. The molecule has 0 aromatic carbocycles. The van der Waals surface area contributed by atoms with E-state index in [0.29, 0.717) is 6.42 Å². The van der Waals surface area contributed by atoms with Gasteiger partial charge in [-0.25, -0.2) is 0 Å². The van der Waals surface area contributed by atoms with Crippen molar-refractivity contribution in [3.63, 3.8) is 0 Å². The summed E-state index contributed by atoms with van der Waals surface area (Å²) in [6.45, 7) is 1.83. The molecule has 0 aliphatic carbocycles. The fraction of sp³-hybridized carbons (Fsp3) is 0.750. The Hall–Kier alpha value is -0.330. The van der Waals surface area contributed by atoms with Crippen LogP contribution in [0.1, 0.15) is 13.3 Å². The fourth-order valence-electron chi connectivity index (χ4n) is 0.152. The minimum atomic E-state index is -0.572. The Morgan fingerprint density at radius 2 is 2.57 bits per heavy atom. The van der Waals surface area contributed by atoms with Gasteiger partial charge in [0.15, 0.2) is 6.10 Å². The van der Waals surface area contributed by atoms with E-state index in [4.69, 9.17) is 5.11 Å². The van der Waals surface area contributed by atoms with Crippen LogP contribution in [0.2, 0.25) is 0 Å². The van der Waals surface area contributed by atoms with Crippen molar-refractivity contribution in [1.82, 2.24) is 0 Å². The number of aliphatic hydroxyl groups excluding tert-OH is 1. The van der Waals surface area contributed by atoms with Crippen molar-refractivity contribution in [2.75, 3.05) is 0 Å². The van der Waals surface area contributed by atoms with Crippen molar-refractivity contribution in [2.24, 2.45) is 0 Å². The maximum atomic E-state index is 8.59. The van der Waals surface area contributed by atoms with Crippen LogP contribution in [0.4, 0.5) is 0 Å². The number of aliphatic hydroxyl groups is 1. The quantitative estimate of drug-likeness (QED) is 0.401. The number of nitrogens with zero attached hydrogens (tertiary/aromatic N) is 1. The average molecular weight is 117 g/mol. The lowest BCUT2D eigenvalue weighted by Gasteiger charge is -1.84. The zero-order valence-corrected chi connectivity index (χ0v) is 4.90. The first-order valence-electron chi connectivity index (χ1n) is 2.07. The van der Waals surface area contributed by atoms with Gasteiger partial charge in [0, 0.05) is 0 Å². The Bertz CT molecular complexity index is 93.6. The van der Waals surface area contributed by atoms with Crippen LogP contribution in [-0.2, 0) is 12.8 Å². The molecule has 0 radical (unpaired) electrons. The Morgan fingerprint density at radius 3 is 2.71 bits per heavy atom. The molecule has 7 heavy (non-hydrogen) atoms. The first-order chi connectivity index (χ1) is 3.31. The zero-order valence-electron chi connectivity index (χ0n) is 4.09. The van der Waals surface area contributed by atoms with E-state index >= 15 is 0 Å². The molecule has 1 N–H and O–H groups in total. The molecule has 1 atom stereocenters. The fourth-order valence-corrected chi connectivity index (χ4v) is 0.274. The average Bonchev–Trinajstić information content (AvgIpc) is 1.68. The van der Waals surface area contributed by atoms with Crippen molar-refractivity contribution < 1.29 is 5.11 Å². The lowest BCUT2D eigenvalue weighted by molar-refractivity contribution is 0.228. The van der Waals surface area contributed by atoms with Crippen LogP contribution in [0.15, 0.2) is 0 Å². The Labute approximate surface area is 48.5 Å². The molecule has 0 aliphatic rings. The second-order valence-corrected chi connectivity index (χ2v) is 1.33. The summed E-state index contributed by atoms with van der Waals surface area (Å²) in [5, 5.41) is 8.59. The van der Waals surface area contributed by atoms with E-state index in [-0.39, 0.29) is 0 Å². The van der Waals surface area contributed by atoms with Crippen molar-refractivity contribution in [3.05, 3.63) is 4.25 Å². The maximum Gasteiger partial charge on any atom is 0.284 e. The van der Waals surface area contributed by atoms with Crippen molar-refractivity contribution in [3.8, 4) is 6.07 Å². The number of hydrogen-bond donors (Lipinski definition) is 1. The molecule has 1 unspecified atom stereocenters. The zero-order chi connectivity index (χ0) is 5.70. The minimum absolute atomic E-state index is 0.572. The Morgan fingerprint density at radius 1 is 2.00 bits per heavy atom. The number of rotatable bonds is 1.